The van der Waals surface area contributed by atoms with E-state index < -0.39 is 10.8 Å². The fourth-order valence-corrected chi connectivity index (χ4v) is 4.99. The Balaban J connectivity index is 2.22. The number of hydrogen-bond donors (Lipinski definition) is 1. The largest absolute Gasteiger partial charge is 0.327 e. The second kappa shape index (κ2) is 5.72. The van der Waals surface area contributed by atoms with E-state index in [1.807, 2.05) is 12.1 Å². The number of halogens is 1. The fourth-order valence-electron chi connectivity index (χ4n) is 3.00. The monoisotopic (exact) mass is 285 g/mol. The molecule has 0 amide bonds. The molecule has 0 aliphatic heterocycles. The van der Waals surface area contributed by atoms with Crippen LogP contribution in [0.3, 0.4) is 0 Å². The highest BCUT2D eigenvalue weighted by molar-refractivity contribution is 7.85. The van der Waals surface area contributed by atoms with Crippen molar-refractivity contribution in [1.29, 1.82) is 0 Å². The molecule has 0 bridgehead atoms. The maximum atomic E-state index is 12.7. The third-order valence-electron chi connectivity index (χ3n) is 3.71. The molecular formula is C14H20ClNOS. The van der Waals surface area contributed by atoms with Crippen LogP contribution in [-0.2, 0) is 10.8 Å². The van der Waals surface area contributed by atoms with Crippen LogP contribution < -0.4 is 5.73 Å². The highest BCUT2D eigenvalue weighted by atomic mass is 35.5. The Hall–Kier alpha value is -0.380. The minimum absolute atomic E-state index is 0.0172. The summed E-state index contributed by atoms with van der Waals surface area (Å²) in [5.41, 5.74) is 6.21. The van der Waals surface area contributed by atoms with Crippen molar-refractivity contribution >= 4 is 22.4 Å². The molecule has 2 nitrogen and oxygen atoms in total. The van der Waals surface area contributed by atoms with Gasteiger partial charge in [0.05, 0.1) is 16.0 Å². The van der Waals surface area contributed by atoms with Gasteiger partial charge in [0.25, 0.3) is 0 Å². The van der Waals surface area contributed by atoms with Gasteiger partial charge in [0.2, 0.25) is 0 Å². The lowest BCUT2D eigenvalue weighted by atomic mass is 9.80. The van der Waals surface area contributed by atoms with Crippen molar-refractivity contribution in [3.05, 3.63) is 29.3 Å². The molecule has 4 heteroatoms. The molecule has 2 N–H and O–H groups in total. The average Bonchev–Trinajstić information content (AvgIpc) is 2.27. The van der Waals surface area contributed by atoms with Crippen LogP contribution in [0.2, 0.25) is 5.02 Å². The minimum atomic E-state index is -1.06. The summed E-state index contributed by atoms with van der Waals surface area (Å²) in [5, 5.41) is 0.672. The first-order chi connectivity index (χ1) is 8.49. The SMILES string of the molecule is CC1CC(C)C(S(=O)c2cccc(Cl)c2)C(N)C1. The van der Waals surface area contributed by atoms with Gasteiger partial charge in [-0.2, -0.15) is 0 Å². The van der Waals surface area contributed by atoms with Crippen molar-refractivity contribution in [1.82, 2.24) is 0 Å². The van der Waals surface area contributed by atoms with Gasteiger partial charge in [-0.05, 0) is 42.9 Å². The summed E-state index contributed by atoms with van der Waals surface area (Å²) in [6, 6.07) is 7.32. The van der Waals surface area contributed by atoms with Crippen LogP contribution in [0, 0.1) is 11.8 Å². The number of nitrogens with two attached hydrogens (primary N) is 1. The van der Waals surface area contributed by atoms with E-state index in [2.05, 4.69) is 13.8 Å². The predicted molar refractivity (Wildman–Crippen MR) is 77.2 cm³/mol. The van der Waals surface area contributed by atoms with E-state index in [0.717, 1.165) is 17.7 Å². The molecule has 18 heavy (non-hydrogen) atoms. The highest BCUT2D eigenvalue weighted by Crippen LogP contribution is 2.33. The average molecular weight is 286 g/mol. The normalized spacial score (nSPS) is 34.2. The molecule has 2 rings (SSSR count). The van der Waals surface area contributed by atoms with Crippen molar-refractivity contribution < 1.29 is 4.21 Å². The van der Waals surface area contributed by atoms with Crippen LogP contribution >= 0.6 is 11.6 Å². The van der Waals surface area contributed by atoms with Gasteiger partial charge < -0.3 is 5.73 Å². The first-order valence-corrected chi connectivity index (χ1v) is 8.00. The molecular weight excluding hydrogens is 266 g/mol. The summed E-state index contributed by atoms with van der Waals surface area (Å²) in [6.07, 6.45) is 2.06. The number of hydrogen-bond acceptors (Lipinski definition) is 2. The van der Waals surface area contributed by atoms with Crippen molar-refractivity contribution in [3.8, 4) is 0 Å². The van der Waals surface area contributed by atoms with Crippen molar-refractivity contribution in [3.63, 3.8) is 0 Å². The highest BCUT2D eigenvalue weighted by Gasteiger charge is 2.36. The smallest absolute Gasteiger partial charge is 0.0579 e. The van der Waals surface area contributed by atoms with Crippen LogP contribution in [0.25, 0.3) is 0 Å². The molecule has 1 aromatic carbocycles. The Labute approximate surface area is 116 Å². The Kier molecular flexibility index (Phi) is 4.46. The Morgan fingerprint density at radius 1 is 1.33 bits per heavy atom. The lowest BCUT2D eigenvalue weighted by Crippen LogP contribution is -2.47. The van der Waals surface area contributed by atoms with Gasteiger partial charge in [0.1, 0.15) is 0 Å². The van der Waals surface area contributed by atoms with Gasteiger partial charge >= 0.3 is 0 Å². The first-order valence-electron chi connectivity index (χ1n) is 6.40. The van der Waals surface area contributed by atoms with Gasteiger partial charge in [0, 0.05) is 16.0 Å². The molecule has 0 saturated heterocycles. The van der Waals surface area contributed by atoms with Crippen LogP contribution in [-0.4, -0.2) is 15.5 Å². The molecule has 0 radical (unpaired) electrons. The second-order valence-electron chi connectivity index (χ2n) is 5.44. The minimum Gasteiger partial charge on any atom is -0.327 e. The molecule has 100 valence electrons. The Bertz CT molecular complexity index is 439. The summed E-state index contributed by atoms with van der Waals surface area (Å²) in [6.45, 7) is 4.37. The maximum Gasteiger partial charge on any atom is 0.0579 e. The molecule has 1 saturated carbocycles. The van der Waals surface area contributed by atoms with Gasteiger partial charge in [0.15, 0.2) is 0 Å². The topological polar surface area (TPSA) is 43.1 Å². The zero-order valence-corrected chi connectivity index (χ0v) is 12.4. The van der Waals surface area contributed by atoms with Gasteiger partial charge in [-0.1, -0.05) is 31.5 Å². The molecule has 1 aliphatic rings. The van der Waals surface area contributed by atoms with Gasteiger partial charge in [-0.3, -0.25) is 4.21 Å². The van der Waals surface area contributed by atoms with E-state index >= 15 is 0 Å². The summed E-state index contributed by atoms with van der Waals surface area (Å²) in [5.74, 6) is 1.02. The predicted octanol–water partition coefficient (Wildman–Crippen LogP) is 3.21. The third kappa shape index (κ3) is 2.95. The van der Waals surface area contributed by atoms with E-state index in [4.69, 9.17) is 17.3 Å². The van der Waals surface area contributed by atoms with Crippen LogP contribution in [0.5, 0.6) is 0 Å². The van der Waals surface area contributed by atoms with Crippen LogP contribution in [0.15, 0.2) is 29.2 Å². The maximum absolute atomic E-state index is 12.7. The van der Waals surface area contributed by atoms with Crippen molar-refractivity contribution in [2.75, 3.05) is 0 Å². The summed E-state index contributed by atoms with van der Waals surface area (Å²) in [7, 11) is -1.06. The zero-order valence-electron chi connectivity index (χ0n) is 10.8. The molecule has 1 aromatic rings. The van der Waals surface area contributed by atoms with E-state index in [0.29, 0.717) is 16.9 Å². The van der Waals surface area contributed by atoms with Crippen molar-refractivity contribution in [2.24, 2.45) is 17.6 Å². The van der Waals surface area contributed by atoms with Gasteiger partial charge in [-0.15, -0.1) is 0 Å². The molecule has 0 spiro atoms. The first kappa shape index (κ1) is 14.0. The quantitative estimate of drug-likeness (QED) is 0.907. The zero-order chi connectivity index (χ0) is 13.3. The van der Waals surface area contributed by atoms with E-state index in [1.54, 1.807) is 12.1 Å². The molecule has 1 fully saturated rings. The molecule has 0 heterocycles. The molecule has 5 unspecified atom stereocenters. The second-order valence-corrected chi connectivity index (χ2v) is 7.48. The molecule has 0 aromatic heterocycles. The molecule has 5 atom stereocenters. The van der Waals surface area contributed by atoms with Crippen LogP contribution in [0.4, 0.5) is 0 Å². The van der Waals surface area contributed by atoms with Crippen LogP contribution in [0.1, 0.15) is 26.7 Å². The summed E-state index contributed by atoms with van der Waals surface area (Å²) < 4.78 is 12.7. The standard InChI is InChI=1S/C14H20ClNOS/c1-9-6-10(2)14(13(16)7-9)18(17)12-5-3-4-11(15)8-12/h3-5,8-10,13-14H,6-7,16H2,1-2H3. The fraction of sp³-hybridized carbons (Fsp3) is 0.571. The lowest BCUT2D eigenvalue weighted by Gasteiger charge is -2.37. The van der Waals surface area contributed by atoms with Crippen molar-refractivity contribution in [2.45, 2.75) is 42.9 Å². The third-order valence-corrected chi connectivity index (χ3v) is 5.97. The van der Waals surface area contributed by atoms with E-state index in [-0.39, 0.29) is 11.3 Å². The summed E-state index contributed by atoms with van der Waals surface area (Å²) in [4.78, 5) is 0.796. The number of benzene rings is 1. The van der Waals surface area contributed by atoms with E-state index in [1.165, 1.54) is 0 Å². The van der Waals surface area contributed by atoms with Gasteiger partial charge in [-0.25, -0.2) is 0 Å². The van der Waals surface area contributed by atoms with E-state index in [9.17, 15) is 4.21 Å². The molecule has 1 aliphatic carbocycles. The Morgan fingerprint density at radius 3 is 2.67 bits per heavy atom. The number of rotatable bonds is 2. The Morgan fingerprint density at radius 2 is 2.06 bits per heavy atom. The lowest BCUT2D eigenvalue weighted by molar-refractivity contribution is 0.275. The summed E-state index contributed by atoms with van der Waals surface area (Å²) >= 11 is 5.96.